The molecule has 0 bridgehead atoms. The zero-order valence-electron chi connectivity index (χ0n) is 11.1. The van der Waals surface area contributed by atoms with Gasteiger partial charge in [0.15, 0.2) is 0 Å². The van der Waals surface area contributed by atoms with Crippen LogP contribution in [0.15, 0.2) is 0 Å². The highest BCUT2D eigenvalue weighted by Gasteiger charge is 2.27. The van der Waals surface area contributed by atoms with Crippen molar-refractivity contribution in [2.45, 2.75) is 38.5 Å². The molecule has 6 heteroatoms. The minimum Gasteiger partial charge on any atom is -0.389 e. The van der Waals surface area contributed by atoms with Gasteiger partial charge in [0.1, 0.15) is 0 Å². The van der Waals surface area contributed by atoms with Crippen LogP contribution >= 0.6 is 0 Å². The summed E-state index contributed by atoms with van der Waals surface area (Å²) in [6, 6.07) is 0. The Morgan fingerprint density at radius 3 is 1.94 bits per heavy atom. The van der Waals surface area contributed by atoms with E-state index in [1.165, 1.54) is 0 Å². The third-order valence-electron chi connectivity index (χ3n) is 3.01. The van der Waals surface area contributed by atoms with E-state index in [9.17, 15) is 18.3 Å². The fourth-order valence-corrected chi connectivity index (χ4v) is 2.22. The first-order chi connectivity index (χ1) is 8.16. The number of halogens is 3. The predicted molar refractivity (Wildman–Crippen MR) is 64.5 cm³/mol. The van der Waals surface area contributed by atoms with Crippen LogP contribution in [0.25, 0.3) is 0 Å². The molecular formula is C12H23F3N2O. The van der Waals surface area contributed by atoms with Crippen LogP contribution in [0.4, 0.5) is 13.2 Å². The van der Waals surface area contributed by atoms with Crippen LogP contribution in [0.2, 0.25) is 0 Å². The van der Waals surface area contributed by atoms with Gasteiger partial charge in [-0.05, 0) is 26.8 Å². The first-order valence-electron chi connectivity index (χ1n) is 6.40. The van der Waals surface area contributed by atoms with Crippen LogP contribution in [0, 0.1) is 0 Å². The molecule has 1 aliphatic heterocycles. The molecule has 0 unspecified atom stereocenters. The van der Waals surface area contributed by atoms with Gasteiger partial charge in [-0.15, -0.1) is 0 Å². The summed E-state index contributed by atoms with van der Waals surface area (Å²) in [5.74, 6) is 0. The van der Waals surface area contributed by atoms with Crippen molar-refractivity contribution in [1.82, 2.24) is 9.80 Å². The predicted octanol–water partition coefficient (Wildman–Crippen LogP) is 1.72. The third kappa shape index (κ3) is 7.18. The normalized spacial score (nSPS) is 20.3. The monoisotopic (exact) mass is 268 g/mol. The van der Waals surface area contributed by atoms with Gasteiger partial charge in [-0.3, -0.25) is 4.90 Å². The largest absolute Gasteiger partial charge is 0.389 e. The Labute approximate surface area is 107 Å². The molecule has 0 aromatic carbocycles. The molecule has 0 saturated carbocycles. The number of hydrogen-bond donors (Lipinski definition) is 1. The molecule has 0 amide bonds. The van der Waals surface area contributed by atoms with Gasteiger partial charge in [0.2, 0.25) is 0 Å². The van der Waals surface area contributed by atoms with E-state index in [1.54, 1.807) is 13.8 Å². The van der Waals surface area contributed by atoms with Crippen molar-refractivity contribution < 1.29 is 18.3 Å². The second-order valence-corrected chi connectivity index (χ2v) is 5.65. The van der Waals surface area contributed by atoms with Gasteiger partial charge in [0, 0.05) is 39.1 Å². The van der Waals surface area contributed by atoms with Gasteiger partial charge in [0.25, 0.3) is 0 Å². The van der Waals surface area contributed by atoms with E-state index in [2.05, 4.69) is 9.80 Å². The number of β-amino-alcohol motifs (C(OH)–C–C–N with tert-alkyl or cyclic N) is 1. The van der Waals surface area contributed by atoms with Crippen molar-refractivity contribution in [1.29, 1.82) is 0 Å². The molecule has 1 rings (SSSR count). The Kier molecular flexibility index (Phi) is 5.43. The summed E-state index contributed by atoms with van der Waals surface area (Å²) in [6.45, 7) is 7.86. The molecule has 1 fully saturated rings. The quantitative estimate of drug-likeness (QED) is 0.822. The summed E-state index contributed by atoms with van der Waals surface area (Å²) in [5, 5.41) is 9.69. The fourth-order valence-electron chi connectivity index (χ4n) is 2.22. The second kappa shape index (κ2) is 6.21. The number of hydrogen-bond acceptors (Lipinski definition) is 3. The van der Waals surface area contributed by atoms with Crippen LogP contribution in [0.1, 0.15) is 26.7 Å². The average Bonchev–Trinajstić information content (AvgIpc) is 2.16. The molecule has 0 aromatic heterocycles. The summed E-state index contributed by atoms with van der Waals surface area (Å²) in [4.78, 5) is 4.22. The number of piperazine rings is 1. The molecule has 108 valence electrons. The SMILES string of the molecule is CC(C)(O)CN1CCN(CCCC(F)(F)F)CC1. The lowest BCUT2D eigenvalue weighted by Crippen LogP contribution is -2.50. The Morgan fingerprint density at radius 2 is 1.50 bits per heavy atom. The first-order valence-corrected chi connectivity index (χ1v) is 6.40. The smallest absolute Gasteiger partial charge is 0.389 e. The zero-order valence-corrected chi connectivity index (χ0v) is 11.1. The molecule has 0 aromatic rings. The highest BCUT2D eigenvalue weighted by atomic mass is 19.4. The Bertz CT molecular complexity index is 243. The van der Waals surface area contributed by atoms with Crippen LogP contribution in [0.3, 0.4) is 0 Å². The number of aliphatic hydroxyl groups is 1. The highest BCUT2D eigenvalue weighted by Crippen LogP contribution is 2.21. The van der Waals surface area contributed by atoms with E-state index in [0.29, 0.717) is 13.1 Å². The summed E-state index contributed by atoms with van der Waals surface area (Å²) in [5.41, 5.74) is -0.710. The molecule has 1 aliphatic rings. The first kappa shape index (κ1) is 15.7. The minimum atomic E-state index is -4.04. The van der Waals surface area contributed by atoms with Gasteiger partial charge in [0.05, 0.1) is 5.60 Å². The maximum absolute atomic E-state index is 12.0. The van der Waals surface area contributed by atoms with Crippen molar-refractivity contribution in [3.8, 4) is 0 Å². The molecule has 3 nitrogen and oxygen atoms in total. The third-order valence-corrected chi connectivity index (χ3v) is 3.01. The van der Waals surface area contributed by atoms with Gasteiger partial charge in [-0.2, -0.15) is 13.2 Å². The molecule has 1 heterocycles. The van der Waals surface area contributed by atoms with E-state index >= 15 is 0 Å². The standard InChI is InChI=1S/C12H23F3N2O/c1-11(2,18)10-17-8-6-16(7-9-17)5-3-4-12(13,14)15/h18H,3-10H2,1-2H3. The van der Waals surface area contributed by atoms with Gasteiger partial charge in [-0.25, -0.2) is 0 Å². The van der Waals surface area contributed by atoms with E-state index in [1.807, 2.05) is 0 Å². The lowest BCUT2D eigenvalue weighted by molar-refractivity contribution is -0.136. The molecular weight excluding hydrogens is 245 g/mol. The van der Waals surface area contributed by atoms with E-state index in [-0.39, 0.29) is 6.42 Å². The van der Waals surface area contributed by atoms with Gasteiger partial charge >= 0.3 is 6.18 Å². The minimum absolute atomic E-state index is 0.176. The fraction of sp³-hybridized carbons (Fsp3) is 1.00. The van der Waals surface area contributed by atoms with Crippen LogP contribution in [-0.4, -0.2) is 66.0 Å². The van der Waals surface area contributed by atoms with E-state index in [4.69, 9.17) is 0 Å². The van der Waals surface area contributed by atoms with Crippen LogP contribution in [-0.2, 0) is 0 Å². The number of alkyl halides is 3. The number of nitrogens with zero attached hydrogens (tertiary/aromatic N) is 2. The Balaban J connectivity index is 2.16. The molecule has 1 N–H and O–H groups in total. The lowest BCUT2D eigenvalue weighted by Gasteiger charge is -2.37. The van der Waals surface area contributed by atoms with Crippen molar-refractivity contribution in [3.63, 3.8) is 0 Å². The maximum atomic E-state index is 12.0. The Hall–Kier alpha value is -0.330. The topological polar surface area (TPSA) is 26.7 Å². The summed E-state index contributed by atoms with van der Waals surface area (Å²) in [7, 11) is 0. The van der Waals surface area contributed by atoms with Gasteiger partial charge < -0.3 is 10.0 Å². The molecule has 0 aliphatic carbocycles. The van der Waals surface area contributed by atoms with Crippen molar-refractivity contribution in [2.75, 3.05) is 39.3 Å². The molecule has 18 heavy (non-hydrogen) atoms. The maximum Gasteiger partial charge on any atom is 0.389 e. The Morgan fingerprint density at radius 1 is 1.00 bits per heavy atom. The number of rotatable bonds is 5. The summed E-state index contributed by atoms with van der Waals surface area (Å²) in [6.07, 6.45) is -4.56. The van der Waals surface area contributed by atoms with E-state index in [0.717, 1.165) is 26.2 Å². The van der Waals surface area contributed by atoms with Gasteiger partial charge in [-0.1, -0.05) is 0 Å². The van der Waals surface area contributed by atoms with Crippen molar-refractivity contribution >= 4 is 0 Å². The van der Waals surface area contributed by atoms with E-state index < -0.39 is 18.2 Å². The molecule has 0 radical (unpaired) electrons. The second-order valence-electron chi connectivity index (χ2n) is 5.65. The van der Waals surface area contributed by atoms with Crippen LogP contribution < -0.4 is 0 Å². The summed E-state index contributed by atoms with van der Waals surface area (Å²) >= 11 is 0. The molecule has 1 saturated heterocycles. The van der Waals surface area contributed by atoms with Crippen molar-refractivity contribution in [3.05, 3.63) is 0 Å². The average molecular weight is 268 g/mol. The van der Waals surface area contributed by atoms with Crippen molar-refractivity contribution in [2.24, 2.45) is 0 Å². The molecule has 0 atom stereocenters. The zero-order chi connectivity index (χ0) is 13.8. The molecule has 0 spiro atoms. The highest BCUT2D eigenvalue weighted by molar-refractivity contribution is 4.77. The lowest BCUT2D eigenvalue weighted by atomic mass is 10.1. The van der Waals surface area contributed by atoms with Crippen LogP contribution in [0.5, 0.6) is 0 Å². The summed E-state index contributed by atoms with van der Waals surface area (Å²) < 4.78 is 36.0.